The van der Waals surface area contributed by atoms with Gasteiger partial charge in [0.2, 0.25) is 0 Å². The normalized spacial score (nSPS) is 22.3. The maximum absolute atomic E-state index is 6.37. The van der Waals surface area contributed by atoms with Gasteiger partial charge in [0.25, 0.3) is 0 Å². The number of nitrogens with one attached hydrogen (secondary N) is 1. The summed E-state index contributed by atoms with van der Waals surface area (Å²) in [6, 6.07) is 6.12. The van der Waals surface area contributed by atoms with Crippen molar-refractivity contribution in [2.75, 3.05) is 59.6 Å². The van der Waals surface area contributed by atoms with E-state index < -0.39 is 0 Å². The topological polar surface area (TPSA) is 58.6 Å². The van der Waals surface area contributed by atoms with Crippen LogP contribution < -0.4 is 14.8 Å². The molecule has 4 rings (SSSR count). The Balaban J connectivity index is 0.00000306. The lowest BCUT2D eigenvalue weighted by Gasteiger charge is -2.29. The van der Waals surface area contributed by atoms with Gasteiger partial charge in [0.05, 0.1) is 33.0 Å². The van der Waals surface area contributed by atoms with E-state index in [1.807, 2.05) is 12.1 Å². The molecule has 1 aliphatic carbocycles. The van der Waals surface area contributed by atoms with Gasteiger partial charge in [-0.3, -0.25) is 4.90 Å². The van der Waals surface area contributed by atoms with Gasteiger partial charge in [-0.1, -0.05) is 0 Å². The highest BCUT2D eigenvalue weighted by Gasteiger charge is 2.27. The van der Waals surface area contributed by atoms with Gasteiger partial charge in [-0.2, -0.15) is 0 Å². The van der Waals surface area contributed by atoms with Gasteiger partial charge in [0, 0.05) is 50.9 Å². The van der Waals surface area contributed by atoms with E-state index in [-0.39, 0.29) is 24.0 Å². The number of morpholine rings is 1. The zero-order valence-electron chi connectivity index (χ0n) is 20.3. The standard InChI is InChI=1S/C25H40N4O3.HI/c1-3-26-25(29-11-10-20(19-29)18-28-12-14-31-15-13-28)27-17-21-8-9-23(30-2)16-24(21)32-22-6-4-5-7-22;/h8-9,16,20,22H,3-7,10-15,17-19H2,1-2H3,(H,26,27);1H. The molecule has 0 aromatic heterocycles. The Bertz CT molecular complexity index is 751. The molecule has 1 saturated carbocycles. The molecule has 1 atom stereocenters. The van der Waals surface area contributed by atoms with Crippen LogP contribution in [-0.4, -0.2) is 81.5 Å². The molecule has 0 amide bonds. The molecular weight excluding hydrogens is 531 g/mol. The molecule has 7 nitrogen and oxygen atoms in total. The Morgan fingerprint density at radius 2 is 1.94 bits per heavy atom. The third kappa shape index (κ3) is 7.62. The second-order valence-corrected chi connectivity index (χ2v) is 9.18. The van der Waals surface area contributed by atoms with Crippen molar-refractivity contribution in [1.29, 1.82) is 0 Å². The predicted octanol–water partition coefficient (Wildman–Crippen LogP) is 3.75. The maximum Gasteiger partial charge on any atom is 0.194 e. The van der Waals surface area contributed by atoms with E-state index in [1.54, 1.807) is 7.11 Å². The number of guanidine groups is 1. The first kappa shape index (κ1) is 26.3. The highest BCUT2D eigenvalue weighted by atomic mass is 127. The van der Waals surface area contributed by atoms with Crippen LogP contribution in [0.2, 0.25) is 0 Å². The molecule has 8 heteroatoms. The second-order valence-electron chi connectivity index (χ2n) is 9.18. The monoisotopic (exact) mass is 572 g/mol. The Labute approximate surface area is 216 Å². The van der Waals surface area contributed by atoms with Gasteiger partial charge < -0.3 is 24.4 Å². The second kappa shape index (κ2) is 13.6. The van der Waals surface area contributed by atoms with Crippen molar-refractivity contribution in [3.63, 3.8) is 0 Å². The number of hydrogen-bond acceptors (Lipinski definition) is 5. The number of benzene rings is 1. The summed E-state index contributed by atoms with van der Waals surface area (Å²) in [7, 11) is 1.70. The third-order valence-electron chi connectivity index (χ3n) is 6.81. The number of rotatable bonds is 8. The van der Waals surface area contributed by atoms with Crippen molar-refractivity contribution in [3.05, 3.63) is 23.8 Å². The number of methoxy groups -OCH3 is 1. The minimum Gasteiger partial charge on any atom is -0.497 e. The fourth-order valence-electron chi connectivity index (χ4n) is 5.00. The Hall–Kier alpha value is -1.26. The molecule has 1 unspecified atom stereocenters. The molecule has 2 heterocycles. The van der Waals surface area contributed by atoms with E-state index in [4.69, 9.17) is 19.2 Å². The molecule has 3 aliphatic rings. The first-order valence-corrected chi connectivity index (χ1v) is 12.4. The summed E-state index contributed by atoms with van der Waals surface area (Å²) < 4.78 is 17.3. The van der Waals surface area contributed by atoms with E-state index >= 15 is 0 Å². The van der Waals surface area contributed by atoms with Crippen molar-refractivity contribution in [2.24, 2.45) is 10.9 Å². The molecule has 1 aromatic carbocycles. The first-order chi connectivity index (χ1) is 15.7. The van der Waals surface area contributed by atoms with E-state index in [2.05, 4.69) is 28.1 Å². The average Bonchev–Trinajstić information content (AvgIpc) is 3.50. The lowest BCUT2D eigenvalue weighted by molar-refractivity contribution is 0.0315. The molecule has 0 radical (unpaired) electrons. The predicted molar refractivity (Wildman–Crippen MR) is 143 cm³/mol. The lowest BCUT2D eigenvalue weighted by atomic mass is 10.1. The lowest BCUT2D eigenvalue weighted by Crippen LogP contribution is -2.42. The third-order valence-corrected chi connectivity index (χ3v) is 6.81. The van der Waals surface area contributed by atoms with Crippen LogP contribution in [0.25, 0.3) is 0 Å². The van der Waals surface area contributed by atoms with Crippen LogP contribution in [0.1, 0.15) is 44.6 Å². The zero-order chi connectivity index (χ0) is 22.2. The summed E-state index contributed by atoms with van der Waals surface area (Å²) in [6.07, 6.45) is 6.33. The van der Waals surface area contributed by atoms with Crippen LogP contribution in [0, 0.1) is 5.92 Å². The van der Waals surface area contributed by atoms with Crippen LogP contribution in [0.4, 0.5) is 0 Å². The summed E-state index contributed by atoms with van der Waals surface area (Å²) in [5.41, 5.74) is 1.12. The van der Waals surface area contributed by atoms with Crippen molar-refractivity contribution < 1.29 is 14.2 Å². The quantitative estimate of drug-likeness (QED) is 0.291. The average molecular weight is 573 g/mol. The molecule has 2 aliphatic heterocycles. The Kier molecular flexibility index (Phi) is 10.8. The summed E-state index contributed by atoms with van der Waals surface area (Å²) in [6.45, 7) is 10.8. The number of aliphatic imine (C=N–C) groups is 1. The SMILES string of the molecule is CCNC(=NCc1ccc(OC)cc1OC1CCCC1)N1CCC(CN2CCOCC2)C1.I. The Morgan fingerprint density at radius 1 is 1.15 bits per heavy atom. The molecule has 3 fully saturated rings. The van der Waals surface area contributed by atoms with Gasteiger partial charge >= 0.3 is 0 Å². The number of likely N-dealkylation sites (tertiary alicyclic amines) is 1. The van der Waals surface area contributed by atoms with Crippen LogP contribution in [0.5, 0.6) is 11.5 Å². The molecule has 33 heavy (non-hydrogen) atoms. The van der Waals surface area contributed by atoms with Gasteiger partial charge in [-0.15, -0.1) is 24.0 Å². The molecule has 1 N–H and O–H groups in total. The fraction of sp³-hybridized carbons (Fsp3) is 0.720. The smallest absolute Gasteiger partial charge is 0.194 e. The summed E-state index contributed by atoms with van der Waals surface area (Å²) in [5.74, 6) is 3.46. The minimum atomic E-state index is 0. The van der Waals surface area contributed by atoms with Crippen LogP contribution in [0.3, 0.4) is 0 Å². The minimum absolute atomic E-state index is 0. The molecule has 1 aromatic rings. The highest BCUT2D eigenvalue weighted by molar-refractivity contribution is 14.0. The van der Waals surface area contributed by atoms with Crippen LogP contribution >= 0.6 is 24.0 Å². The number of halogens is 1. The first-order valence-electron chi connectivity index (χ1n) is 12.4. The number of nitrogens with zero attached hydrogens (tertiary/aromatic N) is 3. The maximum atomic E-state index is 6.37. The summed E-state index contributed by atoms with van der Waals surface area (Å²) >= 11 is 0. The largest absolute Gasteiger partial charge is 0.497 e. The molecule has 186 valence electrons. The van der Waals surface area contributed by atoms with E-state index in [0.717, 1.165) is 88.3 Å². The van der Waals surface area contributed by atoms with Crippen molar-refractivity contribution in [3.8, 4) is 11.5 Å². The van der Waals surface area contributed by atoms with Crippen molar-refractivity contribution >= 4 is 29.9 Å². The summed E-state index contributed by atoms with van der Waals surface area (Å²) in [5, 5.41) is 3.51. The number of hydrogen-bond donors (Lipinski definition) is 1. The van der Waals surface area contributed by atoms with Gasteiger partial charge in [-0.25, -0.2) is 4.99 Å². The van der Waals surface area contributed by atoms with Gasteiger partial charge in [0.15, 0.2) is 5.96 Å². The van der Waals surface area contributed by atoms with Crippen LogP contribution in [-0.2, 0) is 11.3 Å². The highest BCUT2D eigenvalue weighted by Crippen LogP contribution is 2.30. The molecule has 2 saturated heterocycles. The van der Waals surface area contributed by atoms with Gasteiger partial charge in [0.1, 0.15) is 11.5 Å². The van der Waals surface area contributed by atoms with Crippen molar-refractivity contribution in [1.82, 2.24) is 15.1 Å². The molecule has 0 bridgehead atoms. The fourth-order valence-corrected chi connectivity index (χ4v) is 5.00. The van der Waals surface area contributed by atoms with E-state index in [0.29, 0.717) is 18.6 Å². The van der Waals surface area contributed by atoms with E-state index in [1.165, 1.54) is 19.3 Å². The summed E-state index contributed by atoms with van der Waals surface area (Å²) in [4.78, 5) is 9.99. The Morgan fingerprint density at radius 3 is 2.67 bits per heavy atom. The zero-order valence-corrected chi connectivity index (χ0v) is 22.6. The van der Waals surface area contributed by atoms with Crippen molar-refractivity contribution in [2.45, 2.75) is 51.7 Å². The molecular formula is C25H41IN4O3. The van der Waals surface area contributed by atoms with Gasteiger partial charge in [-0.05, 0) is 57.1 Å². The number of ether oxygens (including phenoxy) is 3. The molecule has 0 spiro atoms. The van der Waals surface area contributed by atoms with Crippen LogP contribution in [0.15, 0.2) is 23.2 Å². The van der Waals surface area contributed by atoms with E-state index in [9.17, 15) is 0 Å².